The molecular weight excluding hydrogens is 360 g/mol. The molecule has 0 unspecified atom stereocenters. The van der Waals surface area contributed by atoms with Gasteiger partial charge in [0.2, 0.25) is 0 Å². The maximum absolute atomic E-state index is 11.8. The van der Waals surface area contributed by atoms with Crippen molar-refractivity contribution in [1.29, 1.82) is 0 Å². The number of anilines is 1. The molecule has 3 N–H and O–H groups in total. The summed E-state index contributed by atoms with van der Waals surface area (Å²) in [4.78, 5) is 11.8. The van der Waals surface area contributed by atoms with Gasteiger partial charge >= 0.3 is 6.09 Å². The molecule has 0 saturated carbocycles. The average Bonchev–Trinajstić information content (AvgIpc) is 2.63. The Hall–Kier alpha value is -3.09. The number of ether oxygens (including phenoxy) is 3. The van der Waals surface area contributed by atoms with Crippen LogP contribution in [0.1, 0.15) is 31.9 Å². The largest absolute Gasteiger partial charge is 0.508 e. The van der Waals surface area contributed by atoms with Crippen LogP contribution in [-0.2, 0) is 17.8 Å². The van der Waals surface area contributed by atoms with E-state index in [2.05, 4.69) is 10.6 Å². The lowest BCUT2D eigenvalue weighted by atomic mass is 10.1. The van der Waals surface area contributed by atoms with E-state index in [9.17, 15) is 9.90 Å². The fourth-order valence-electron chi connectivity index (χ4n) is 2.61. The second kappa shape index (κ2) is 9.21. The van der Waals surface area contributed by atoms with Crippen molar-refractivity contribution < 1.29 is 24.1 Å². The molecule has 0 heterocycles. The predicted octanol–water partition coefficient (Wildman–Crippen LogP) is 4.05. The zero-order valence-electron chi connectivity index (χ0n) is 17.0. The smallest absolute Gasteiger partial charge is 0.407 e. The van der Waals surface area contributed by atoms with E-state index in [1.165, 1.54) is 0 Å². The molecule has 28 heavy (non-hydrogen) atoms. The van der Waals surface area contributed by atoms with Crippen LogP contribution in [0.5, 0.6) is 17.2 Å². The first-order valence-corrected chi connectivity index (χ1v) is 8.95. The number of aromatic hydroxyl groups is 1. The number of phenols is 1. The highest BCUT2D eigenvalue weighted by molar-refractivity contribution is 5.67. The maximum atomic E-state index is 11.8. The zero-order chi connectivity index (χ0) is 20.7. The van der Waals surface area contributed by atoms with Crippen LogP contribution in [0.3, 0.4) is 0 Å². The van der Waals surface area contributed by atoms with Gasteiger partial charge in [-0.2, -0.15) is 0 Å². The number of carbonyl (C=O) groups is 1. The number of alkyl carbamates (subject to hydrolysis) is 1. The second-order valence-corrected chi connectivity index (χ2v) is 7.24. The Balaban J connectivity index is 2.03. The molecule has 7 nitrogen and oxygen atoms in total. The van der Waals surface area contributed by atoms with E-state index in [-0.39, 0.29) is 5.75 Å². The lowest BCUT2D eigenvalue weighted by Crippen LogP contribution is -2.32. The molecule has 2 aromatic rings. The van der Waals surface area contributed by atoms with Crippen molar-refractivity contribution in [3.63, 3.8) is 0 Å². The van der Waals surface area contributed by atoms with Crippen LogP contribution in [0.25, 0.3) is 0 Å². The highest BCUT2D eigenvalue weighted by Crippen LogP contribution is 2.34. The van der Waals surface area contributed by atoms with Gasteiger partial charge in [-0.1, -0.05) is 12.1 Å². The average molecular weight is 388 g/mol. The highest BCUT2D eigenvalue weighted by atomic mass is 16.6. The Labute approximate surface area is 165 Å². The van der Waals surface area contributed by atoms with E-state index < -0.39 is 11.7 Å². The van der Waals surface area contributed by atoms with Crippen LogP contribution in [0.4, 0.5) is 10.5 Å². The van der Waals surface area contributed by atoms with Gasteiger partial charge in [-0.15, -0.1) is 0 Å². The van der Waals surface area contributed by atoms with Crippen LogP contribution in [0, 0.1) is 0 Å². The number of nitrogens with one attached hydrogen (secondary N) is 2. The Kier molecular flexibility index (Phi) is 6.98. The number of hydrogen-bond donors (Lipinski definition) is 3. The molecule has 0 aliphatic heterocycles. The van der Waals surface area contributed by atoms with E-state index in [0.717, 1.165) is 16.8 Å². The summed E-state index contributed by atoms with van der Waals surface area (Å²) in [5.74, 6) is 1.15. The van der Waals surface area contributed by atoms with Crippen LogP contribution < -0.4 is 20.1 Å². The third-order valence-electron chi connectivity index (χ3n) is 3.82. The van der Waals surface area contributed by atoms with Crippen molar-refractivity contribution in [3.05, 3.63) is 47.5 Å². The standard InChI is InChI=1S/C21H28N2O5/c1-21(2,3)28-20(25)23-12-14-7-6-8-15(9-14)22-13-17-18(26-4)10-16(24)11-19(17)27-5/h6-11,22,24H,12-13H2,1-5H3,(H,23,25). The molecular formula is C21H28N2O5. The third-order valence-corrected chi connectivity index (χ3v) is 3.82. The second-order valence-electron chi connectivity index (χ2n) is 7.24. The third kappa shape index (κ3) is 6.26. The summed E-state index contributed by atoms with van der Waals surface area (Å²) < 4.78 is 15.9. The zero-order valence-corrected chi connectivity index (χ0v) is 17.0. The Morgan fingerprint density at radius 1 is 1.04 bits per heavy atom. The van der Waals surface area contributed by atoms with Crippen molar-refractivity contribution in [1.82, 2.24) is 5.32 Å². The van der Waals surface area contributed by atoms with Crippen molar-refractivity contribution >= 4 is 11.8 Å². The summed E-state index contributed by atoms with van der Waals surface area (Å²) in [7, 11) is 3.08. The number of carbonyl (C=O) groups excluding carboxylic acids is 1. The summed E-state index contributed by atoms with van der Waals surface area (Å²) in [6.07, 6.45) is -0.454. The highest BCUT2D eigenvalue weighted by Gasteiger charge is 2.16. The van der Waals surface area contributed by atoms with Gasteiger partial charge in [0.05, 0.1) is 19.8 Å². The van der Waals surface area contributed by atoms with Crippen LogP contribution in [0.2, 0.25) is 0 Å². The van der Waals surface area contributed by atoms with Gasteiger partial charge in [-0.05, 0) is 38.5 Å². The molecule has 0 saturated heterocycles. The number of amides is 1. The van der Waals surface area contributed by atoms with Crippen LogP contribution in [-0.4, -0.2) is 31.0 Å². The lowest BCUT2D eigenvalue weighted by molar-refractivity contribution is 0.0523. The van der Waals surface area contributed by atoms with Gasteiger partial charge in [0.25, 0.3) is 0 Å². The summed E-state index contributed by atoms with van der Waals surface area (Å²) >= 11 is 0. The van der Waals surface area contributed by atoms with E-state index in [1.807, 2.05) is 45.0 Å². The minimum absolute atomic E-state index is 0.0765. The molecule has 0 atom stereocenters. The summed E-state index contributed by atoms with van der Waals surface area (Å²) in [5, 5.41) is 15.8. The molecule has 0 spiro atoms. The van der Waals surface area contributed by atoms with E-state index in [4.69, 9.17) is 14.2 Å². The molecule has 0 bridgehead atoms. The van der Waals surface area contributed by atoms with Crippen molar-refractivity contribution in [2.45, 2.75) is 39.5 Å². The van der Waals surface area contributed by atoms with Gasteiger partial charge in [-0.3, -0.25) is 0 Å². The molecule has 2 aromatic carbocycles. The quantitative estimate of drug-likeness (QED) is 0.663. The molecule has 1 amide bonds. The normalized spacial score (nSPS) is 10.9. The number of phenolic OH excluding ortho intramolecular Hbond substituents is 1. The molecule has 152 valence electrons. The van der Waals surface area contributed by atoms with Crippen LogP contribution >= 0.6 is 0 Å². The van der Waals surface area contributed by atoms with Gasteiger partial charge in [0.1, 0.15) is 22.8 Å². The van der Waals surface area contributed by atoms with Crippen molar-refractivity contribution in [3.8, 4) is 17.2 Å². The maximum Gasteiger partial charge on any atom is 0.407 e. The first-order valence-electron chi connectivity index (χ1n) is 8.95. The van der Waals surface area contributed by atoms with Gasteiger partial charge in [0.15, 0.2) is 0 Å². The number of hydrogen-bond acceptors (Lipinski definition) is 6. The van der Waals surface area contributed by atoms with Crippen LogP contribution in [0.15, 0.2) is 36.4 Å². The number of methoxy groups -OCH3 is 2. The molecule has 0 fully saturated rings. The molecule has 0 radical (unpaired) electrons. The first kappa shape index (κ1) is 21.2. The van der Waals surface area contributed by atoms with Gasteiger partial charge < -0.3 is 30.0 Å². The Morgan fingerprint density at radius 3 is 2.25 bits per heavy atom. The van der Waals surface area contributed by atoms with E-state index in [1.54, 1.807) is 26.4 Å². The fourth-order valence-corrected chi connectivity index (χ4v) is 2.61. The van der Waals surface area contributed by atoms with E-state index in [0.29, 0.717) is 24.6 Å². The minimum Gasteiger partial charge on any atom is -0.508 e. The van der Waals surface area contributed by atoms with Crippen molar-refractivity contribution in [2.75, 3.05) is 19.5 Å². The topological polar surface area (TPSA) is 89.0 Å². The minimum atomic E-state index is -0.532. The molecule has 0 aromatic heterocycles. The van der Waals surface area contributed by atoms with E-state index >= 15 is 0 Å². The van der Waals surface area contributed by atoms with Gasteiger partial charge in [-0.25, -0.2) is 4.79 Å². The fraction of sp³-hybridized carbons (Fsp3) is 0.381. The molecule has 7 heteroatoms. The Bertz CT molecular complexity index is 790. The molecule has 0 aliphatic carbocycles. The first-order chi connectivity index (χ1) is 13.2. The number of benzene rings is 2. The Morgan fingerprint density at radius 2 is 1.68 bits per heavy atom. The van der Waals surface area contributed by atoms with Gasteiger partial charge in [0, 0.05) is 30.9 Å². The summed E-state index contributed by atoms with van der Waals surface area (Å²) in [6.45, 7) is 6.26. The monoisotopic (exact) mass is 388 g/mol. The molecule has 2 rings (SSSR count). The summed E-state index contributed by atoms with van der Waals surface area (Å²) in [6, 6.07) is 10.8. The number of rotatable bonds is 7. The SMILES string of the molecule is COc1cc(O)cc(OC)c1CNc1cccc(CNC(=O)OC(C)(C)C)c1. The predicted molar refractivity (Wildman–Crippen MR) is 108 cm³/mol. The van der Waals surface area contributed by atoms with Crippen molar-refractivity contribution in [2.24, 2.45) is 0 Å². The molecule has 0 aliphatic rings. The lowest BCUT2D eigenvalue weighted by Gasteiger charge is -2.19. The summed E-state index contributed by atoms with van der Waals surface area (Å²) in [5.41, 5.74) is 2.07.